The van der Waals surface area contributed by atoms with Gasteiger partial charge in [-0.2, -0.15) is 0 Å². The van der Waals surface area contributed by atoms with Crippen LogP contribution in [-0.4, -0.2) is 6.29 Å². The van der Waals surface area contributed by atoms with Crippen LogP contribution in [0.2, 0.25) is 0 Å². The van der Waals surface area contributed by atoms with Gasteiger partial charge in [-0.3, -0.25) is 0 Å². The summed E-state index contributed by atoms with van der Waals surface area (Å²) in [7, 11) is 0. The van der Waals surface area contributed by atoms with E-state index in [1.807, 2.05) is 42.5 Å². The third-order valence-corrected chi connectivity index (χ3v) is 2.57. The van der Waals surface area contributed by atoms with Crippen molar-refractivity contribution in [3.63, 3.8) is 0 Å². The second-order valence-electron chi connectivity index (χ2n) is 3.14. The molecular weight excluding hydrogens is 196 g/mol. The molecular formula is C12H9ClO. The molecule has 14 heavy (non-hydrogen) atoms. The van der Waals surface area contributed by atoms with Gasteiger partial charge in [0.1, 0.15) is 11.7 Å². The van der Waals surface area contributed by atoms with E-state index < -0.39 is 5.38 Å². The van der Waals surface area contributed by atoms with Crippen LogP contribution < -0.4 is 0 Å². The van der Waals surface area contributed by atoms with Crippen LogP contribution in [0.15, 0.2) is 42.5 Å². The molecule has 0 N–H and O–H groups in total. The maximum atomic E-state index is 10.5. The predicted octanol–water partition coefficient (Wildman–Crippen LogP) is 3.32. The summed E-state index contributed by atoms with van der Waals surface area (Å²) in [6.45, 7) is 0. The zero-order valence-corrected chi connectivity index (χ0v) is 8.24. The number of benzene rings is 2. The molecule has 0 bridgehead atoms. The molecule has 2 aromatic rings. The van der Waals surface area contributed by atoms with Crippen molar-refractivity contribution >= 4 is 28.7 Å². The summed E-state index contributed by atoms with van der Waals surface area (Å²) in [5.41, 5.74) is 0.848. The number of aldehydes is 1. The van der Waals surface area contributed by atoms with E-state index in [1.54, 1.807) is 0 Å². The Bertz CT molecular complexity index is 465. The molecule has 1 nitrogen and oxygen atoms in total. The van der Waals surface area contributed by atoms with Crippen LogP contribution in [0, 0.1) is 0 Å². The average Bonchev–Trinajstić information content (AvgIpc) is 2.27. The first-order valence-electron chi connectivity index (χ1n) is 4.39. The Hall–Kier alpha value is -1.34. The first kappa shape index (κ1) is 9.22. The number of hydrogen-bond acceptors (Lipinski definition) is 1. The second kappa shape index (κ2) is 3.81. The zero-order chi connectivity index (χ0) is 9.97. The Labute approximate surface area is 87.3 Å². The molecule has 0 aliphatic rings. The molecule has 2 aromatic carbocycles. The molecule has 0 aromatic heterocycles. The molecule has 70 valence electrons. The van der Waals surface area contributed by atoms with Gasteiger partial charge in [-0.15, -0.1) is 11.6 Å². The smallest absolute Gasteiger partial charge is 0.142 e. The second-order valence-corrected chi connectivity index (χ2v) is 3.61. The van der Waals surface area contributed by atoms with Gasteiger partial charge in [0, 0.05) is 0 Å². The average molecular weight is 205 g/mol. The van der Waals surface area contributed by atoms with E-state index in [1.165, 1.54) is 0 Å². The summed E-state index contributed by atoms with van der Waals surface area (Å²) < 4.78 is 0. The van der Waals surface area contributed by atoms with Crippen molar-refractivity contribution in [3.8, 4) is 0 Å². The lowest BCUT2D eigenvalue weighted by molar-refractivity contribution is -0.107. The van der Waals surface area contributed by atoms with Gasteiger partial charge in [0.25, 0.3) is 0 Å². The van der Waals surface area contributed by atoms with Gasteiger partial charge in [-0.25, -0.2) is 0 Å². The van der Waals surface area contributed by atoms with E-state index in [-0.39, 0.29) is 0 Å². The molecule has 0 saturated heterocycles. The molecule has 0 saturated carbocycles. The van der Waals surface area contributed by atoms with Gasteiger partial charge in [-0.05, 0) is 22.4 Å². The van der Waals surface area contributed by atoms with Gasteiger partial charge in [0.05, 0.1) is 0 Å². The highest BCUT2D eigenvalue weighted by Gasteiger charge is 2.05. The van der Waals surface area contributed by atoms with E-state index in [2.05, 4.69) is 0 Å². The van der Waals surface area contributed by atoms with Crippen LogP contribution in [-0.2, 0) is 4.79 Å². The van der Waals surface area contributed by atoms with Crippen LogP contribution in [0.3, 0.4) is 0 Å². The summed E-state index contributed by atoms with van der Waals surface area (Å²) in [5.74, 6) is 0. The molecule has 1 unspecified atom stereocenters. The summed E-state index contributed by atoms with van der Waals surface area (Å²) in [4.78, 5) is 10.5. The van der Waals surface area contributed by atoms with Gasteiger partial charge in [-0.1, -0.05) is 36.4 Å². The Morgan fingerprint density at radius 2 is 1.79 bits per heavy atom. The highest BCUT2D eigenvalue weighted by Crippen LogP contribution is 2.22. The number of hydrogen-bond donors (Lipinski definition) is 0. The quantitative estimate of drug-likeness (QED) is 0.542. The molecule has 0 heterocycles. The molecule has 2 heteroatoms. The van der Waals surface area contributed by atoms with Gasteiger partial charge < -0.3 is 4.79 Å². The third-order valence-electron chi connectivity index (χ3n) is 2.21. The summed E-state index contributed by atoms with van der Waals surface area (Å²) in [5, 5.41) is 1.73. The first-order chi connectivity index (χ1) is 6.81. The molecule has 0 amide bonds. The summed E-state index contributed by atoms with van der Waals surface area (Å²) >= 11 is 5.82. The standard InChI is InChI=1S/C12H9ClO/c13-12(8-14)11-6-5-9-3-1-2-4-10(9)7-11/h1-8,12H. The molecule has 0 fully saturated rings. The SMILES string of the molecule is O=CC(Cl)c1ccc2ccccc2c1. The van der Waals surface area contributed by atoms with Crippen molar-refractivity contribution in [2.45, 2.75) is 5.38 Å². The van der Waals surface area contributed by atoms with E-state index in [9.17, 15) is 4.79 Å². The van der Waals surface area contributed by atoms with Gasteiger partial charge in [0.15, 0.2) is 0 Å². The normalized spacial score (nSPS) is 12.6. The zero-order valence-electron chi connectivity index (χ0n) is 7.48. The first-order valence-corrected chi connectivity index (χ1v) is 4.83. The number of carbonyl (C=O) groups excluding carboxylic acids is 1. The lowest BCUT2D eigenvalue weighted by Crippen LogP contribution is -1.90. The lowest BCUT2D eigenvalue weighted by Gasteiger charge is -2.03. The molecule has 0 spiro atoms. The largest absolute Gasteiger partial charge is 0.301 e. The fourth-order valence-electron chi connectivity index (χ4n) is 1.46. The van der Waals surface area contributed by atoms with Crippen molar-refractivity contribution in [1.82, 2.24) is 0 Å². The number of rotatable bonds is 2. The van der Waals surface area contributed by atoms with Crippen molar-refractivity contribution in [3.05, 3.63) is 48.0 Å². The van der Waals surface area contributed by atoms with Crippen LogP contribution in [0.5, 0.6) is 0 Å². The molecule has 1 atom stereocenters. The van der Waals surface area contributed by atoms with Crippen molar-refractivity contribution in [2.24, 2.45) is 0 Å². The Morgan fingerprint density at radius 3 is 2.50 bits per heavy atom. The van der Waals surface area contributed by atoms with Crippen LogP contribution in [0.25, 0.3) is 10.8 Å². The van der Waals surface area contributed by atoms with E-state index in [4.69, 9.17) is 11.6 Å². The maximum absolute atomic E-state index is 10.5. The summed E-state index contributed by atoms with van der Waals surface area (Å²) in [6.07, 6.45) is 0.742. The molecule has 0 aliphatic heterocycles. The number of carbonyl (C=O) groups is 1. The van der Waals surface area contributed by atoms with Crippen molar-refractivity contribution in [2.75, 3.05) is 0 Å². The molecule has 0 radical (unpaired) electrons. The fourth-order valence-corrected chi connectivity index (χ4v) is 1.59. The maximum Gasteiger partial charge on any atom is 0.142 e. The lowest BCUT2D eigenvalue weighted by atomic mass is 10.1. The van der Waals surface area contributed by atoms with Crippen molar-refractivity contribution in [1.29, 1.82) is 0 Å². The minimum atomic E-state index is -0.542. The fraction of sp³-hybridized carbons (Fsp3) is 0.0833. The minimum absolute atomic E-state index is 0.542. The number of fused-ring (bicyclic) bond motifs is 1. The van der Waals surface area contributed by atoms with E-state index in [0.29, 0.717) is 0 Å². The highest BCUT2D eigenvalue weighted by atomic mass is 35.5. The Morgan fingerprint density at radius 1 is 1.07 bits per heavy atom. The van der Waals surface area contributed by atoms with Gasteiger partial charge in [0.2, 0.25) is 0 Å². The van der Waals surface area contributed by atoms with Crippen LogP contribution >= 0.6 is 11.6 Å². The summed E-state index contributed by atoms with van der Waals surface area (Å²) in [6, 6.07) is 13.8. The molecule has 2 rings (SSSR count). The Balaban J connectivity index is 2.56. The Kier molecular flexibility index (Phi) is 2.51. The third kappa shape index (κ3) is 1.64. The van der Waals surface area contributed by atoms with E-state index in [0.717, 1.165) is 22.6 Å². The van der Waals surface area contributed by atoms with Crippen LogP contribution in [0.1, 0.15) is 10.9 Å². The van der Waals surface area contributed by atoms with Gasteiger partial charge >= 0.3 is 0 Å². The number of halogens is 1. The number of alkyl halides is 1. The monoisotopic (exact) mass is 204 g/mol. The van der Waals surface area contributed by atoms with E-state index >= 15 is 0 Å². The highest BCUT2D eigenvalue weighted by molar-refractivity contribution is 6.27. The molecule has 0 aliphatic carbocycles. The van der Waals surface area contributed by atoms with Crippen molar-refractivity contribution < 1.29 is 4.79 Å². The predicted molar refractivity (Wildman–Crippen MR) is 58.6 cm³/mol. The van der Waals surface area contributed by atoms with Crippen LogP contribution in [0.4, 0.5) is 0 Å². The minimum Gasteiger partial charge on any atom is -0.301 e. The topological polar surface area (TPSA) is 17.1 Å².